The van der Waals surface area contributed by atoms with Crippen LogP contribution in [-0.2, 0) is 6.54 Å². The maximum Gasteiger partial charge on any atom is 0.319 e. The highest BCUT2D eigenvalue weighted by atomic mass is 16.5. The third-order valence-electron chi connectivity index (χ3n) is 2.93. The predicted octanol–water partition coefficient (Wildman–Crippen LogP) is 3.33. The molecule has 0 atom stereocenters. The van der Waals surface area contributed by atoms with Gasteiger partial charge in [0.2, 0.25) is 0 Å². The number of hydrogen-bond acceptors (Lipinski definition) is 2. The summed E-state index contributed by atoms with van der Waals surface area (Å²) in [6.07, 6.45) is 0. The third kappa shape index (κ3) is 3.75. The van der Waals surface area contributed by atoms with E-state index in [4.69, 9.17) is 4.74 Å². The summed E-state index contributed by atoms with van der Waals surface area (Å²) >= 11 is 0. The molecule has 0 aliphatic rings. The molecule has 0 aliphatic carbocycles. The number of methoxy groups -OCH3 is 1. The minimum Gasteiger partial charge on any atom is -0.495 e. The first-order chi connectivity index (χ1) is 9.69. The Bertz CT molecular complexity index is 579. The van der Waals surface area contributed by atoms with Crippen molar-refractivity contribution in [3.8, 4) is 5.75 Å². The zero-order chi connectivity index (χ0) is 14.4. The van der Waals surface area contributed by atoms with Gasteiger partial charge in [-0.2, -0.15) is 0 Å². The molecule has 0 radical (unpaired) electrons. The van der Waals surface area contributed by atoms with Crippen molar-refractivity contribution in [2.75, 3.05) is 12.4 Å². The molecule has 0 saturated heterocycles. The molecular formula is C16H18N2O2. The lowest BCUT2D eigenvalue weighted by molar-refractivity contribution is 0.251. The Morgan fingerprint density at radius 3 is 2.50 bits per heavy atom. The molecule has 0 unspecified atom stereocenters. The van der Waals surface area contributed by atoms with Crippen LogP contribution in [0.3, 0.4) is 0 Å². The highest BCUT2D eigenvalue weighted by Gasteiger charge is 2.05. The minimum atomic E-state index is -0.255. The fraction of sp³-hybridized carbons (Fsp3) is 0.188. The second-order valence-corrected chi connectivity index (χ2v) is 4.49. The van der Waals surface area contributed by atoms with Crippen molar-refractivity contribution in [3.63, 3.8) is 0 Å². The lowest BCUT2D eigenvalue weighted by atomic mass is 10.1. The number of aryl methyl sites for hydroxylation is 1. The third-order valence-corrected chi connectivity index (χ3v) is 2.93. The van der Waals surface area contributed by atoms with Crippen LogP contribution in [0.25, 0.3) is 0 Å². The van der Waals surface area contributed by atoms with Gasteiger partial charge < -0.3 is 15.4 Å². The van der Waals surface area contributed by atoms with Gasteiger partial charge in [-0.05, 0) is 24.6 Å². The van der Waals surface area contributed by atoms with Gasteiger partial charge in [-0.3, -0.25) is 0 Å². The molecule has 0 heterocycles. The molecule has 0 aliphatic heterocycles. The highest BCUT2D eigenvalue weighted by molar-refractivity contribution is 5.90. The summed E-state index contributed by atoms with van der Waals surface area (Å²) in [5, 5.41) is 5.58. The molecule has 4 nitrogen and oxygen atoms in total. The van der Waals surface area contributed by atoms with Gasteiger partial charge in [0.1, 0.15) is 5.75 Å². The van der Waals surface area contributed by atoms with Crippen LogP contribution in [0.4, 0.5) is 10.5 Å². The number of urea groups is 1. The Morgan fingerprint density at radius 1 is 1.10 bits per heavy atom. The van der Waals surface area contributed by atoms with Crippen LogP contribution in [0.5, 0.6) is 5.75 Å². The van der Waals surface area contributed by atoms with E-state index in [1.807, 2.05) is 43.3 Å². The number of anilines is 1. The SMILES string of the molecule is COc1ccccc1NC(=O)NCc1ccc(C)cc1. The molecule has 0 fully saturated rings. The van der Waals surface area contributed by atoms with Crippen LogP contribution in [-0.4, -0.2) is 13.1 Å². The number of amides is 2. The van der Waals surface area contributed by atoms with E-state index in [1.165, 1.54) is 5.56 Å². The molecule has 2 aromatic rings. The summed E-state index contributed by atoms with van der Waals surface area (Å²) < 4.78 is 5.18. The molecule has 0 spiro atoms. The molecule has 0 aromatic heterocycles. The molecule has 104 valence electrons. The Kier molecular flexibility index (Phi) is 4.60. The van der Waals surface area contributed by atoms with Gasteiger partial charge in [0.05, 0.1) is 12.8 Å². The summed E-state index contributed by atoms with van der Waals surface area (Å²) in [5.74, 6) is 0.637. The number of carbonyl (C=O) groups is 1. The van der Waals surface area contributed by atoms with Crippen molar-refractivity contribution >= 4 is 11.7 Å². The van der Waals surface area contributed by atoms with E-state index >= 15 is 0 Å². The minimum absolute atomic E-state index is 0.255. The van der Waals surface area contributed by atoms with Gasteiger partial charge in [-0.15, -0.1) is 0 Å². The van der Waals surface area contributed by atoms with Gasteiger partial charge >= 0.3 is 6.03 Å². The summed E-state index contributed by atoms with van der Waals surface area (Å²) in [6, 6.07) is 15.1. The van der Waals surface area contributed by atoms with E-state index in [-0.39, 0.29) is 6.03 Å². The lowest BCUT2D eigenvalue weighted by Gasteiger charge is -2.11. The van der Waals surface area contributed by atoms with Crippen LogP contribution in [0.15, 0.2) is 48.5 Å². The van der Waals surface area contributed by atoms with Crippen molar-refractivity contribution in [2.45, 2.75) is 13.5 Å². The van der Waals surface area contributed by atoms with E-state index in [1.54, 1.807) is 19.2 Å². The molecule has 4 heteroatoms. The summed E-state index contributed by atoms with van der Waals surface area (Å²) in [5.41, 5.74) is 2.91. The second kappa shape index (κ2) is 6.61. The number of benzene rings is 2. The summed E-state index contributed by atoms with van der Waals surface area (Å²) in [6.45, 7) is 2.52. The number of nitrogens with one attached hydrogen (secondary N) is 2. The second-order valence-electron chi connectivity index (χ2n) is 4.49. The Balaban J connectivity index is 1.91. The first-order valence-electron chi connectivity index (χ1n) is 6.42. The quantitative estimate of drug-likeness (QED) is 0.895. The average Bonchev–Trinajstić information content (AvgIpc) is 2.47. The van der Waals surface area contributed by atoms with E-state index < -0.39 is 0 Å². The number of carbonyl (C=O) groups excluding carboxylic acids is 1. The van der Waals surface area contributed by atoms with Gasteiger partial charge in [0.15, 0.2) is 0 Å². The van der Waals surface area contributed by atoms with Crippen molar-refractivity contribution in [2.24, 2.45) is 0 Å². The predicted molar refractivity (Wildman–Crippen MR) is 80.0 cm³/mol. The number of para-hydroxylation sites is 2. The topological polar surface area (TPSA) is 50.4 Å². The van der Waals surface area contributed by atoms with Crippen molar-refractivity contribution in [3.05, 3.63) is 59.7 Å². The standard InChI is InChI=1S/C16H18N2O2/c1-12-7-9-13(10-8-12)11-17-16(19)18-14-5-3-4-6-15(14)20-2/h3-10H,11H2,1-2H3,(H2,17,18,19). The highest BCUT2D eigenvalue weighted by Crippen LogP contribution is 2.22. The number of hydrogen-bond donors (Lipinski definition) is 2. The van der Waals surface area contributed by atoms with Crippen LogP contribution >= 0.6 is 0 Å². The summed E-state index contributed by atoms with van der Waals surface area (Å²) in [4.78, 5) is 11.8. The van der Waals surface area contributed by atoms with Crippen molar-refractivity contribution < 1.29 is 9.53 Å². The van der Waals surface area contributed by atoms with Crippen LogP contribution in [0.1, 0.15) is 11.1 Å². The number of rotatable bonds is 4. The summed E-state index contributed by atoms with van der Waals surface area (Å²) in [7, 11) is 1.57. The molecule has 0 saturated carbocycles. The smallest absolute Gasteiger partial charge is 0.319 e. The molecule has 2 aromatic carbocycles. The average molecular weight is 270 g/mol. The molecule has 0 bridgehead atoms. The first-order valence-corrected chi connectivity index (χ1v) is 6.42. The Hall–Kier alpha value is -2.49. The van der Waals surface area contributed by atoms with Gasteiger partial charge in [0.25, 0.3) is 0 Å². The first kappa shape index (κ1) is 13.9. The van der Waals surface area contributed by atoms with Crippen molar-refractivity contribution in [1.82, 2.24) is 5.32 Å². The molecular weight excluding hydrogens is 252 g/mol. The van der Waals surface area contributed by atoms with E-state index in [2.05, 4.69) is 10.6 Å². The Labute approximate surface area is 118 Å². The van der Waals surface area contributed by atoms with Crippen LogP contribution < -0.4 is 15.4 Å². The maximum atomic E-state index is 11.8. The maximum absolute atomic E-state index is 11.8. The fourth-order valence-corrected chi connectivity index (χ4v) is 1.80. The van der Waals surface area contributed by atoms with Gasteiger partial charge in [-0.25, -0.2) is 4.79 Å². The van der Waals surface area contributed by atoms with Gasteiger partial charge in [0, 0.05) is 6.54 Å². The van der Waals surface area contributed by atoms with Crippen molar-refractivity contribution in [1.29, 1.82) is 0 Å². The van der Waals surface area contributed by atoms with E-state index in [0.717, 1.165) is 5.56 Å². The zero-order valence-electron chi connectivity index (χ0n) is 11.6. The largest absolute Gasteiger partial charge is 0.495 e. The molecule has 20 heavy (non-hydrogen) atoms. The van der Waals surface area contributed by atoms with Gasteiger partial charge in [-0.1, -0.05) is 42.0 Å². The van der Waals surface area contributed by atoms with Crippen LogP contribution in [0.2, 0.25) is 0 Å². The molecule has 2 amide bonds. The van der Waals surface area contributed by atoms with E-state index in [0.29, 0.717) is 18.0 Å². The van der Waals surface area contributed by atoms with Crippen LogP contribution in [0, 0.1) is 6.92 Å². The Morgan fingerprint density at radius 2 is 1.80 bits per heavy atom. The van der Waals surface area contributed by atoms with E-state index in [9.17, 15) is 4.79 Å². The zero-order valence-corrected chi connectivity index (χ0v) is 11.6. The molecule has 2 rings (SSSR count). The molecule has 2 N–H and O–H groups in total. The monoisotopic (exact) mass is 270 g/mol. The lowest BCUT2D eigenvalue weighted by Crippen LogP contribution is -2.28. The number of ether oxygens (including phenoxy) is 1. The normalized spacial score (nSPS) is 9.90. The fourth-order valence-electron chi connectivity index (χ4n) is 1.80.